The maximum atomic E-state index is 11.2. The average molecular weight is 263 g/mol. The Morgan fingerprint density at radius 2 is 2.29 bits per heavy atom. The first-order valence-electron chi connectivity index (χ1n) is 5.19. The van der Waals surface area contributed by atoms with Gasteiger partial charge in [-0.25, -0.2) is 0 Å². The summed E-state index contributed by atoms with van der Waals surface area (Å²) in [6, 6.07) is 1.21. The van der Waals surface area contributed by atoms with E-state index in [0.29, 0.717) is 12.5 Å². The van der Waals surface area contributed by atoms with Crippen LogP contribution in [0.15, 0.2) is 0 Å². The lowest BCUT2D eigenvalue weighted by Crippen LogP contribution is -2.41. The van der Waals surface area contributed by atoms with Crippen LogP contribution in [0.1, 0.15) is 26.2 Å². The van der Waals surface area contributed by atoms with Crippen molar-refractivity contribution < 1.29 is 4.79 Å². The van der Waals surface area contributed by atoms with E-state index in [2.05, 4.69) is 40.1 Å². The summed E-state index contributed by atoms with van der Waals surface area (Å²) in [6.07, 6.45) is 3.20. The number of amides is 1. The van der Waals surface area contributed by atoms with Crippen molar-refractivity contribution >= 4 is 21.8 Å². The fourth-order valence-corrected chi connectivity index (χ4v) is 1.78. The van der Waals surface area contributed by atoms with Crippen molar-refractivity contribution in [2.75, 3.05) is 18.9 Å². The second-order valence-electron chi connectivity index (χ2n) is 3.99. The second-order valence-corrected chi connectivity index (χ2v) is 4.78. The maximum Gasteiger partial charge on any atom is 0.220 e. The molecule has 1 unspecified atom stereocenters. The molecule has 1 saturated carbocycles. The first-order valence-corrected chi connectivity index (χ1v) is 6.32. The molecule has 0 spiro atoms. The van der Waals surface area contributed by atoms with Gasteiger partial charge in [-0.05, 0) is 26.8 Å². The summed E-state index contributed by atoms with van der Waals surface area (Å²) in [6.45, 7) is 2.92. The van der Waals surface area contributed by atoms with Gasteiger partial charge in [0, 0.05) is 30.4 Å². The molecule has 1 amide bonds. The quantitative estimate of drug-likeness (QED) is 0.734. The van der Waals surface area contributed by atoms with Crippen molar-refractivity contribution in [3.8, 4) is 0 Å². The number of hydrogen-bond donors (Lipinski definition) is 1. The van der Waals surface area contributed by atoms with Crippen LogP contribution in [0.3, 0.4) is 0 Å². The summed E-state index contributed by atoms with van der Waals surface area (Å²) in [5.74, 6) is 0.137. The van der Waals surface area contributed by atoms with E-state index in [1.54, 1.807) is 0 Å². The molecule has 0 radical (unpaired) electrons. The van der Waals surface area contributed by atoms with Gasteiger partial charge in [0.2, 0.25) is 5.91 Å². The van der Waals surface area contributed by atoms with E-state index in [1.807, 2.05) is 0 Å². The predicted octanol–water partition coefficient (Wildman–Crippen LogP) is 1.37. The summed E-state index contributed by atoms with van der Waals surface area (Å²) in [5, 5.41) is 3.68. The van der Waals surface area contributed by atoms with Crippen LogP contribution >= 0.6 is 15.9 Å². The van der Waals surface area contributed by atoms with Gasteiger partial charge in [0.05, 0.1) is 0 Å². The highest BCUT2D eigenvalue weighted by Crippen LogP contribution is 2.26. The minimum absolute atomic E-state index is 0.137. The molecule has 3 nitrogen and oxygen atoms in total. The maximum absolute atomic E-state index is 11.2. The van der Waals surface area contributed by atoms with E-state index in [1.165, 1.54) is 12.8 Å². The number of rotatable bonds is 6. The van der Waals surface area contributed by atoms with Gasteiger partial charge in [-0.2, -0.15) is 0 Å². The molecule has 0 aliphatic heterocycles. The molecule has 1 atom stereocenters. The van der Waals surface area contributed by atoms with Crippen LogP contribution in [0, 0.1) is 0 Å². The van der Waals surface area contributed by atoms with Gasteiger partial charge in [-0.1, -0.05) is 15.9 Å². The lowest BCUT2D eigenvalue weighted by atomic mass is 10.3. The van der Waals surface area contributed by atoms with Gasteiger partial charge in [0.15, 0.2) is 0 Å². The minimum Gasteiger partial charge on any atom is -0.355 e. The monoisotopic (exact) mass is 262 g/mol. The van der Waals surface area contributed by atoms with Crippen LogP contribution in [-0.2, 0) is 4.79 Å². The third-order valence-corrected chi connectivity index (χ3v) is 3.13. The smallest absolute Gasteiger partial charge is 0.220 e. The second kappa shape index (κ2) is 5.71. The first kappa shape index (κ1) is 12.0. The molecule has 4 heteroatoms. The van der Waals surface area contributed by atoms with E-state index in [-0.39, 0.29) is 5.91 Å². The highest BCUT2D eigenvalue weighted by Gasteiger charge is 2.28. The summed E-state index contributed by atoms with van der Waals surface area (Å²) in [7, 11) is 2.14. The Morgan fingerprint density at radius 1 is 1.64 bits per heavy atom. The Morgan fingerprint density at radius 3 is 2.79 bits per heavy atom. The Balaban J connectivity index is 2.13. The fourth-order valence-electron chi connectivity index (χ4n) is 1.42. The van der Waals surface area contributed by atoms with Gasteiger partial charge >= 0.3 is 0 Å². The van der Waals surface area contributed by atoms with Gasteiger partial charge in [-0.3, -0.25) is 9.69 Å². The zero-order valence-corrected chi connectivity index (χ0v) is 10.5. The summed E-state index contributed by atoms with van der Waals surface area (Å²) < 4.78 is 0. The highest BCUT2D eigenvalue weighted by atomic mass is 79.9. The molecule has 1 rings (SSSR count). The predicted molar refractivity (Wildman–Crippen MR) is 61.7 cm³/mol. The van der Waals surface area contributed by atoms with Gasteiger partial charge < -0.3 is 5.32 Å². The minimum atomic E-state index is 0.137. The molecule has 0 bridgehead atoms. The topological polar surface area (TPSA) is 32.3 Å². The van der Waals surface area contributed by atoms with Crippen LogP contribution in [0.25, 0.3) is 0 Å². The summed E-state index contributed by atoms with van der Waals surface area (Å²) in [4.78, 5) is 13.6. The zero-order chi connectivity index (χ0) is 10.6. The van der Waals surface area contributed by atoms with Gasteiger partial charge in [-0.15, -0.1) is 0 Å². The Kier molecular flexibility index (Phi) is 4.89. The molecule has 1 aliphatic carbocycles. The highest BCUT2D eigenvalue weighted by molar-refractivity contribution is 9.09. The summed E-state index contributed by atoms with van der Waals surface area (Å²) in [5.41, 5.74) is 0. The zero-order valence-electron chi connectivity index (χ0n) is 8.92. The molecule has 0 aromatic rings. The number of hydrogen-bond acceptors (Lipinski definition) is 2. The normalized spacial score (nSPS) is 18.3. The molecule has 0 heterocycles. The molecular formula is C10H19BrN2O. The number of nitrogens with zero attached hydrogens (tertiary/aromatic N) is 1. The molecule has 0 saturated heterocycles. The molecule has 0 aromatic heterocycles. The molecule has 0 aromatic carbocycles. The van der Waals surface area contributed by atoms with Crippen molar-refractivity contribution in [3.63, 3.8) is 0 Å². The Bertz CT molecular complexity index is 195. The molecule has 14 heavy (non-hydrogen) atoms. The number of nitrogens with one attached hydrogen (secondary N) is 1. The number of likely N-dealkylation sites (N-methyl/N-ethyl adjacent to an activating group) is 1. The third kappa shape index (κ3) is 3.96. The molecule has 1 fully saturated rings. The van der Waals surface area contributed by atoms with Crippen LogP contribution < -0.4 is 5.32 Å². The fraction of sp³-hybridized carbons (Fsp3) is 0.900. The first-order chi connectivity index (χ1) is 6.65. The van der Waals surface area contributed by atoms with Crippen molar-refractivity contribution in [2.24, 2.45) is 0 Å². The van der Waals surface area contributed by atoms with Crippen LogP contribution in [0.2, 0.25) is 0 Å². The van der Waals surface area contributed by atoms with E-state index in [4.69, 9.17) is 0 Å². The molecule has 1 N–H and O–H groups in total. The standard InChI is InChI=1S/C10H19BrN2O/c1-8(13(2)9-3-4-9)7-12-10(14)5-6-11/h8-9H,3-7H2,1-2H3,(H,12,14). The van der Waals surface area contributed by atoms with E-state index in [0.717, 1.165) is 17.9 Å². The van der Waals surface area contributed by atoms with Gasteiger partial charge in [0.25, 0.3) is 0 Å². The lowest BCUT2D eigenvalue weighted by molar-refractivity contribution is -0.120. The summed E-state index contributed by atoms with van der Waals surface area (Å²) >= 11 is 3.25. The van der Waals surface area contributed by atoms with Crippen molar-refractivity contribution in [1.82, 2.24) is 10.2 Å². The molecule has 1 aliphatic rings. The van der Waals surface area contributed by atoms with E-state index >= 15 is 0 Å². The van der Waals surface area contributed by atoms with Gasteiger partial charge in [0.1, 0.15) is 0 Å². The number of alkyl halides is 1. The third-order valence-electron chi connectivity index (χ3n) is 2.73. The Hall–Kier alpha value is -0.0900. The van der Waals surface area contributed by atoms with Crippen molar-refractivity contribution in [1.29, 1.82) is 0 Å². The Labute approximate surface area is 94.4 Å². The number of halogens is 1. The molecule has 82 valence electrons. The molecular weight excluding hydrogens is 244 g/mol. The van der Waals surface area contributed by atoms with E-state index < -0.39 is 0 Å². The number of carbonyl (C=O) groups excluding carboxylic acids is 1. The van der Waals surface area contributed by atoms with E-state index in [9.17, 15) is 4.79 Å². The van der Waals surface area contributed by atoms with Crippen LogP contribution in [0.4, 0.5) is 0 Å². The number of carbonyl (C=O) groups is 1. The van der Waals surface area contributed by atoms with Crippen molar-refractivity contribution in [2.45, 2.75) is 38.3 Å². The van der Waals surface area contributed by atoms with Crippen LogP contribution in [0.5, 0.6) is 0 Å². The SMILES string of the molecule is CC(CNC(=O)CCBr)N(C)C1CC1. The largest absolute Gasteiger partial charge is 0.355 e. The lowest BCUT2D eigenvalue weighted by Gasteiger charge is -2.24. The van der Waals surface area contributed by atoms with Crippen LogP contribution in [-0.4, -0.2) is 41.8 Å². The average Bonchev–Trinajstić information content (AvgIpc) is 2.96. The van der Waals surface area contributed by atoms with Crippen molar-refractivity contribution in [3.05, 3.63) is 0 Å².